The molecular formula is C13H17F2NO. The first-order valence-electron chi connectivity index (χ1n) is 5.88. The summed E-state index contributed by atoms with van der Waals surface area (Å²) in [5, 5.41) is 0. The van der Waals surface area contributed by atoms with Crippen molar-refractivity contribution < 1.29 is 13.5 Å². The average Bonchev–Trinajstić information content (AvgIpc) is 2.29. The Morgan fingerprint density at radius 3 is 2.59 bits per heavy atom. The lowest BCUT2D eigenvalue weighted by Crippen LogP contribution is -2.34. The lowest BCUT2D eigenvalue weighted by molar-refractivity contribution is 0.0147. The summed E-state index contributed by atoms with van der Waals surface area (Å²) < 4.78 is 32.6. The summed E-state index contributed by atoms with van der Waals surface area (Å²) >= 11 is 0. The average molecular weight is 241 g/mol. The predicted molar refractivity (Wildman–Crippen MR) is 61.4 cm³/mol. The summed E-state index contributed by atoms with van der Waals surface area (Å²) in [6.45, 7) is 3.22. The molecule has 1 heterocycles. The molecule has 1 saturated heterocycles. The normalized spacial score (nSPS) is 26.8. The molecule has 0 aromatic heterocycles. The van der Waals surface area contributed by atoms with E-state index in [9.17, 15) is 8.78 Å². The molecule has 0 aliphatic carbocycles. The van der Waals surface area contributed by atoms with E-state index < -0.39 is 17.7 Å². The van der Waals surface area contributed by atoms with Crippen LogP contribution in [0.1, 0.15) is 24.9 Å². The summed E-state index contributed by atoms with van der Waals surface area (Å²) in [4.78, 5) is 0. The number of benzene rings is 1. The van der Waals surface area contributed by atoms with Crippen LogP contribution >= 0.6 is 0 Å². The third-order valence-electron chi connectivity index (χ3n) is 3.50. The van der Waals surface area contributed by atoms with Crippen molar-refractivity contribution in [3.63, 3.8) is 0 Å². The Morgan fingerprint density at radius 2 is 2.00 bits per heavy atom. The van der Waals surface area contributed by atoms with Crippen LogP contribution in [0, 0.1) is 23.5 Å². The second-order valence-electron chi connectivity index (χ2n) is 4.67. The van der Waals surface area contributed by atoms with Crippen molar-refractivity contribution in [2.75, 3.05) is 13.2 Å². The van der Waals surface area contributed by atoms with Crippen LogP contribution in [0.3, 0.4) is 0 Å². The molecule has 1 aromatic rings. The highest BCUT2D eigenvalue weighted by atomic mass is 19.1. The molecule has 2 nitrogen and oxygen atoms in total. The van der Waals surface area contributed by atoms with E-state index in [1.807, 2.05) is 6.92 Å². The fraction of sp³-hybridized carbons (Fsp3) is 0.538. The number of nitrogens with two attached hydrogens (primary N) is 1. The van der Waals surface area contributed by atoms with E-state index in [-0.39, 0.29) is 17.4 Å². The van der Waals surface area contributed by atoms with E-state index in [0.29, 0.717) is 13.2 Å². The van der Waals surface area contributed by atoms with Gasteiger partial charge in [-0.15, -0.1) is 0 Å². The van der Waals surface area contributed by atoms with Crippen LogP contribution in [0.25, 0.3) is 0 Å². The van der Waals surface area contributed by atoms with Gasteiger partial charge in [0, 0.05) is 24.8 Å². The smallest absolute Gasteiger partial charge is 0.130 e. The van der Waals surface area contributed by atoms with Crippen LogP contribution < -0.4 is 5.73 Å². The number of hydrogen-bond acceptors (Lipinski definition) is 2. The van der Waals surface area contributed by atoms with E-state index >= 15 is 0 Å². The highest BCUT2D eigenvalue weighted by Gasteiger charge is 2.31. The molecule has 0 bridgehead atoms. The van der Waals surface area contributed by atoms with Gasteiger partial charge in [-0.2, -0.15) is 0 Å². The molecule has 4 heteroatoms. The maximum atomic E-state index is 13.6. The molecule has 1 fully saturated rings. The molecular weight excluding hydrogens is 224 g/mol. The van der Waals surface area contributed by atoms with Gasteiger partial charge in [0.25, 0.3) is 0 Å². The maximum absolute atomic E-state index is 13.6. The summed E-state index contributed by atoms with van der Waals surface area (Å²) in [5.74, 6) is -0.833. The highest BCUT2D eigenvalue weighted by molar-refractivity contribution is 5.24. The molecule has 0 spiro atoms. The minimum absolute atomic E-state index is 0.00579. The van der Waals surface area contributed by atoms with Gasteiger partial charge in [-0.1, -0.05) is 13.0 Å². The summed E-state index contributed by atoms with van der Waals surface area (Å²) in [7, 11) is 0. The zero-order chi connectivity index (χ0) is 12.4. The van der Waals surface area contributed by atoms with E-state index in [0.717, 1.165) is 6.42 Å². The number of rotatable bonds is 2. The molecule has 94 valence electrons. The van der Waals surface area contributed by atoms with Gasteiger partial charge >= 0.3 is 0 Å². The van der Waals surface area contributed by atoms with Crippen molar-refractivity contribution in [3.8, 4) is 0 Å². The van der Waals surface area contributed by atoms with Crippen molar-refractivity contribution in [1.29, 1.82) is 0 Å². The van der Waals surface area contributed by atoms with Gasteiger partial charge in [-0.3, -0.25) is 0 Å². The van der Waals surface area contributed by atoms with Gasteiger partial charge in [0.15, 0.2) is 0 Å². The van der Waals surface area contributed by atoms with Crippen LogP contribution in [0.5, 0.6) is 0 Å². The number of ether oxygens (including phenoxy) is 1. The van der Waals surface area contributed by atoms with E-state index in [1.54, 1.807) is 0 Å². The minimum atomic E-state index is -0.602. The van der Waals surface area contributed by atoms with Crippen LogP contribution in [-0.4, -0.2) is 13.2 Å². The predicted octanol–water partition coefficient (Wildman–Crippen LogP) is 2.64. The number of hydrogen-bond donors (Lipinski definition) is 1. The van der Waals surface area contributed by atoms with Crippen LogP contribution in [0.15, 0.2) is 18.2 Å². The molecule has 2 N–H and O–H groups in total. The Labute approximate surface area is 99.8 Å². The first kappa shape index (κ1) is 12.5. The second kappa shape index (κ2) is 5.10. The van der Waals surface area contributed by atoms with Crippen molar-refractivity contribution in [3.05, 3.63) is 35.4 Å². The second-order valence-corrected chi connectivity index (χ2v) is 4.67. The quantitative estimate of drug-likeness (QED) is 0.863. The standard InChI is InChI=1S/C13H17F2NO/c1-8-7-17-6-5-9(8)13(16)12-10(14)3-2-4-11(12)15/h2-4,8-9,13H,5-7,16H2,1H3. The van der Waals surface area contributed by atoms with Gasteiger partial charge in [0.1, 0.15) is 11.6 Å². The van der Waals surface area contributed by atoms with Gasteiger partial charge in [0.05, 0.1) is 0 Å². The fourth-order valence-corrected chi connectivity index (χ4v) is 2.47. The van der Waals surface area contributed by atoms with E-state index in [2.05, 4.69) is 0 Å². The van der Waals surface area contributed by atoms with Gasteiger partial charge in [-0.05, 0) is 30.4 Å². The molecule has 0 saturated carbocycles. The maximum Gasteiger partial charge on any atom is 0.130 e. The fourth-order valence-electron chi connectivity index (χ4n) is 2.47. The SMILES string of the molecule is CC1COCCC1C(N)c1c(F)cccc1F. The zero-order valence-corrected chi connectivity index (χ0v) is 9.83. The third kappa shape index (κ3) is 2.48. The van der Waals surface area contributed by atoms with Gasteiger partial charge in [0.2, 0.25) is 0 Å². The Balaban J connectivity index is 2.26. The largest absolute Gasteiger partial charge is 0.381 e. The van der Waals surface area contributed by atoms with Crippen molar-refractivity contribution in [2.24, 2.45) is 17.6 Å². The Hall–Kier alpha value is -1.00. The zero-order valence-electron chi connectivity index (χ0n) is 9.83. The molecule has 3 unspecified atom stereocenters. The summed E-state index contributed by atoms with van der Waals surface area (Å²) in [5.41, 5.74) is 6.03. The summed E-state index contributed by atoms with van der Waals surface area (Å²) in [6, 6.07) is 3.26. The molecule has 1 aliphatic rings. The van der Waals surface area contributed by atoms with Gasteiger partial charge in [-0.25, -0.2) is 8.78 Å². The van der Waals surface area contributed by atoms with E-state index in [4.69, 9.17) is 10.5 Å². The Kier molecular flexibility index (Phi) is 3.74. The first-order chi connectivity index (χ1) is 8.11. The molecule has 17 heavy (non-hydrogen) atoms. The van der Waals surface area contributed by atoms with E-state index in [1.165, 1.54) is 18.2 Å². The molecule has 0 amide bonds. The molecule has 1 aromatic carbocycles. The lowest BCUT2D eigenvalue weighted by atomic mass is 9.81. The third-order valence-corrected chi connectivity index (χ3v) is 3.50. The van der Waals surface area contributed by atoms with Crippen molar-refractivity contribution in [2.45, 2.75) is 19.4 Å². The minimum Gasteiger partial charge on any atom is -0.381 e. The topological polar surface area (TPSA) is 35.2 Å². The number of halogens is 2. The van der Waals surface area contributed by atoms with Crippen LogP contribution in [0.4, 0.5) is 8.78 Å². The van der Waals surface area contributed by atoms with Crippen molar-refractivity contribution >= 4 is 0 Å². The van der Waals surface area contributed by atoms with Gasteiger partial charge < -0.3 is 10.5 Å². The Bertz CT molecular complexity index is 377. The molecule has 3 atom stereocenters. The molecule has 1 aliphatic heterocycles. The van der Waals surface area contributed by atoms with Crippen molar-refractivity contribution in [1.82, 2.24) is 0 Å². The lowest BCUT2D eigenvalue weighted by Gasteiger charge is -2.33. The monoisotopic (exact) mass is 241 g/mol. The molecule has 0 radical (unpaired) electrons. The van der Waals surface area contributed by atoms with Crippen LogP contribution in [-0.2, 0) is 4.74 Å². The summed E-state index contributed by atoms with van der Waals surface area (Å²) in [6.07, 6.45) is 0.746. The molecule has 2 rings (SSSR count). The highest BCUT2D eigenvalue weighted by Crippen LogP contribution is 2.34. The van der Waals surface area contributed by atoms with Crippen LogP contribution in [0.2, 0.25) is 0 Å². The first-order valence-corrected chi connectivity index (χ1v) is 5.88. The Morgan fingerprint density at radius 1 is 1.35 bits per heavy atom.